The Kier molecular flexibility index (Phi) is 6.42. The van der Waals surface area contributed by atoms with Crippen LogP contribution in [0.15, 0.2) is 78.5 Å². The molecule has 0 saturated carbocycles. The first-order chi connectivity index (χ1) is 18.3. The summed E-state index contributed by atoms with van der Waals surface area (Å²) in [6, 6.07) is 17.4. The molecule has 9 nitrogen and oxygen atoms in total. The van der Waals surface area contributed by atoms with Gasteiger partial charge in [-0.3, -0.25) is 19.7 Å². The average Bonchev–Trinajstić information content (AvgIpc) is 3.44. The predicted molar refractivity (Wildman–Crippen MR) is 142 cm³/mol. The molecule has 1 aliphatic rings. The number of rotatable bonds is 7. The van der Waals surface area contributed by atoms with E-state index >= 15 is 0 Å². The van der Waals surface area contributed by atoms with Gasteiger partial charge in [0.05, 0.1) is 23.6 Å². The third-order valence-electron chi connectivity index (χ3n) is 6.86. The minimum atomic E-state index is -0.990. The Morgan fingerprint density at radius 1 is 1.11 bits per heavy atom. The Morgan fingerprint density at radius 2 is 1.87 bits per heavy atom. The molecule has 4 aromatic rings. The molecule has 0 aliphatic carbocycles. The second kappa shape index (κ2) is 9.85. The maximum atomic E-state index is 13.3. The second-order valence-electron chi connectivity index (χ2n) is 9.19. The number of benzene rings is 3. The number of nitro groups is 1. The summed E-state index contributed by atoms with van der Waals surface area (Å²) >= 11 is 0. The van der Waals surface area contributed by atoms with Crippen molar-refractivity contribution in [1.29, 1.82) is 0 Å². The molecule has 0 radical (unpaired) electrons. The van der Waals surface area contributed by atoms with Gasteiger partial charge in [-0.15, -0.1) is 0 Å². The van der Waals surface area contributed by atoms with E-state index in [1.807, 2.05) is 31.3 Å². The molecule has 1 aliphatic heterocycles. The predicted octanol–water partition coefficient (Wildman–Crippen LogP) is 5.06. The monoisotopic (exact) mass is 511 g/mol. The molecule has 1 saturated heterocycles. The molecule has 1 aromatic heterocycles. The molecule has 0 unspecified atom stereocenters. The lowest BCUT2D eigenvalue weighted by atomic mass is 9.94. The molecule has 0 bridgehead atoms. The maximum Gasteiger partial charge on any atom is 0.295 e. The van der Waals surface area contributed by atoms with Crippen LogP contribution in [-0.2, 0) is 16.0 Å². The Balaban J connectivity index is 1.58. The normalized spacial score (nSPS) is 16.8. The summed E-state index contributed by atoms with van der Waals surface area (Å²) in [5.74, 6) is -1.24. The molecule has 1 amide bonds. The fourth-order valence-corrected chi connectivity index (χ4v) is 4.86. The van der Waals surface area contributed by atoms with E-state index in [2.05, 4.69) is 4.98 Å². The fourth-order valence-electron chi connectivity index (χ4n) is 4.86. The number of aliphatic hydroxyl groups is 1. The lowest BCUT2D eigenvalue weighted by Crippen LogP contribution is -2.31. The SMILES string of the molecule is COc1ccc2[nH]cc(CCN3C(=O)C(=O)C(=C(O)c4ccc(C)cc4)[C@@H]3c3cccc([N+](=O)[O-])c3)c2c1. The van der Waals surface area contributed by atoms with Gasteiger partial charge in [0.25, 0.3) is 17.4 Å². The first kappa shape index (κ1) is 24.8. The second-order valence-corrected chi connectivity index (χ2v) is 9.19. The number of fused-ring (bicyclic) bond motifs is 1. The number of nitrogens with one attached hydrogen (secondary N) is 1. The molecule has 1 atom stereocenters. The number of carbonyl (C=O) groups excluding carboxylic acids is 2. The van der Waals surface area contributed by atoms with Crippen LogP contribution in [0.2, 0.25) is 0 Å². The van der Waals surface area contributed by atoms with Crippen molar-refractivity contribution in [2.45, 2.75) is 19.4 Å². The van der Waals surface area contributed by atoms with Crippen molar-refractivity contribution in [1.82, 2.24) is 9.88 Å². The molecular weight excluding hydrogens is 486 g/mol. The zero-order chi connectivity index (χ0) is 27.0. The first-order valence-corrected chi connectivity index (χ1v) is 12.0. The third-order valence-corrected chi connectivity index (χ3v) is 6.86. The minimum absolute atomic E-state index is 0.0973. The lowest BCUT2D eigenvalue weighted by Gasteiger charge is -2.25. The van der Waals surface area contributed by atoms with E-state index in [9.17, 15) is 24.8 Å². The number of carbonyl (C=O) groups is 2. The van der Waals surface area contributed by atoms with E-state index in [0.29, 0.717) is 23.3 Å². The van der Waals surface area contributed by atoms with Gasteiger partial charge in [-0.1, -0.05) is 42.0 Å². The van der Waals surface area contributed by atoms with E-state index in [-0.39, 0.29) is 23.6 Å². The van der Waals surface area contributed by atoms with Gasteiger partial charge in [-0.25, -0.2) is 0 Å². The van der Waals surface area contributed by atoms with E-state index in [4.69, 9.17) is 4.74 Å². The standard InChI is InChI=1S/C29H25N3O6/c1-17-6-8-18(9-7-17)27(33)25-26(19-4-3-5-21(14-19)32(36)37)31(29(35)28(25)34)13-12-20-16-30-24-11-10-22(38-2)15-23(20)24/h3-11,14-16,26,30,33H,12-13H2,1-2H3/t26-/m0/s1. The van der Waals surface area contributed by atoms with Crippen LogP contribution in [0, 0.1) is 17.0 Å². The summed E-state index contributed by atoms with van der Waals surface area (Å²) in [6.45, 7) is 2.04. The van der Waals surface area contributed by atoms with Crippen LogP contribution in [0.1, 0.15) is 28.3 Å². The Hall–Kier alpha value is -4.92. The number of aliphatic hydroxyl groups excluding tert-OH is 1. The van der Waals surface area contributed by atoms with Gasteiger partial charge >= 0.3 is 0 Å². The zero-order valence-electron chi connectivity index (χ0n) is 20.8. The van der Waals surface area contributed by atoms with Crippen LogP contribution >= 0.6 is 0 Å². The van der Waals surface area contributed by atoms with Crippen molar-refractivity contribution >= 4 is 34.0 Å². The quantitative estimate of drug-likeness (QED) is 0.117. The molecule has 2 N–H and O–H groups in total. The van der Waals surface area contributed by atoms with Crippen LogP contribution in [0.25, 0.3) is 16.7 Å². The summed E-state index contributed by atoms with van der Waals surface area (Å²) in [7, 11) is 1.58. The van der Waals surface area contributed by atoms with Gasteiger partial charge in [0, 0.05) is 41.3 Å². The third kappa shape index (κ3) is 4.39. The van der Waals surface area contributed by atoms with Crippen LogP contribution in [0.5, 0.6) is 5.75 Å². The van der Waals surface area contributed by atoms with Gasteiger partial charge < -0.3 is 19.7 Å². The molecule has 9 heteroatoms. The van der Waals surface area contributed by atoms with Gasteiger partial charge in [0.1, 0.15) is 11.5 Å². The van der Waals surface area contributed by atoms with Crippen LogP contribution < -0.4 is 4.74 Å². The number of ketones is 1. The number of likely N-dealkylation sites (tertiary alicyclic amines) is 1. The number of hydrogen-bond acceptors (Lipinski definition) is 6. The number of non-ortho nitro benzene ring substituents is 1. The number of ether oxygens (including phenoxy) is 1. The van der Waals surface area contributed by atoms with Crippen molar-refractivity contribution in [2.24, 2.45) is 0 Å². The summed E-state index contributed by atoms with van der Waals surface area (Å²) in [5.41, 5.74) is 3.26. The number of Topliss-reactive ketones (excluding diaryl/α,β-unsaturated/α-hetero) is 1. The van der Waals surface area contributed by atoms with Gasteiger partial charge in [0.15, 0.2) is 0 Å². The molecule has 38 heavy (non-hydrogen) atoms. The number of methoxy groups -OCH3 is 1. The van der Waals surface area contributed by atoms with E-state index in [0.717, 1.165) is 22.0 Å². The molecule has 2 heterocycles. The van der Waals surface area contributed by atoms with Crippen molar-refractivity contribution in [2.75, 3.05) is 13.7 Å². The topological polar surface area (TPSA) is 126 Å². The van der Waals surface area contributed by atoms with E-state index < -0.39 is 22.7 Å². The van der Waals surface area contributed by atoms with Crippen molar-refractivity contribution < 1.29 is 24.4 Å². The number of amides is 1. The largest absolute Gasteiger partial charge is 0.507 e. The highest BCUT2D eigenvalue weighted by molar-refractivity contribution is 6.46. The van der Waals surface area contributed by atoms with Gasteiger partial charge in [-0.2, -0.15) is 0 Å². The number of nitrogens with zero attached hydrogens (tertiary/aromatic N) is 2. The number of aromatic nitrogens is 1. The number of nitro benzene ring substituents is 1. The number of H-pyrrole nitrogens is 1. The van der Waals surface area contributed by atoms with Crippen LogP contribution in [-0.4, -0.2) is 45.3 Å². The van der Waals surface area contributed by atoms with Crippen molar-refractivity contribution in [3.8, 4) is 5.75 Å². The maximum absolute atomic E-state index is 13.3. The molecular formula is C29H25N3O6. The van der Waals surface area contributed by atoms with Gasteiger partial charge in [-0.05, 0) is 42.7 Å². The Bertz CT molecular complexity index is 1600. The summed E-state index contributed by atoms with van der Waals surface area (Å²) in [6.07, 6.45) is 2.24. The summed E-state index contributed by atoms with van der Waals surface area (Å²) < 4.78 is 5.34. The molecule has 5 rings (SSSR count). The smallest absolute Gasteiger partial charge is 0.295 e. The summed E-state index contributed by atoms with van der Waals surface area (Å²) in [4.78, 5) is 42.1. The highest BCUT2D eigenvalue weighted by Crippen LogP contribution is 2.40. The van der Waals surface area contributed by atoms with Crippen molar-refractivity contribution in [3.05, 3.63) is 111 Å². The van der Waals surface area contributed by atoms with Gasteiger partial charge in [0.2, 0.25) is 0 Å². The Labute approximate surface area is 218 Å². The number of hydrogen-bond donors (Lipinski definition) is 2. The van der Waals surface area contributed by atoms with Crippen LogP contribution in [0.3, 0.4) is 0 Å². The van der Waals surface area contributed by atoms with E-state index in [1.165, 1.54) is 23.1 Å². The molecule has 0 spiro atoms. The highest BCUT2D eigenvalue weighted by atomic mass is 16.6. The highest BCUT2D eigenvalue weighted by Gasteiger charge is 2.46. The number of aryl methyl sites for hydroxylation is 1. The Morgan fingerprint density at radius 3 is 2.58 bits per heavy atom. The van der Waals surface area contributed by atoms with Crippen LogP contribution in [0.4, 0.5) is 5.69 Å². The number of aromatic amines is 1. The molecule has 1 fully saturated rings. The molecule has 192 valence electrons. The average molecular weight is 512 g/mol. The zero-order valence-corrected chi connectivity index (χ0v) is 20.8. The first-order valence-electron chi connectivity index (χ1n) is 12.0. The summed E-state index contributed by atoms with van der Waals surface area (Å²) in [5, 5.41) is 23.6. The lowest BCUT2D eigenvalue weighted by molar-refractivity contribution is -0.384. The van der Waals surface area contributed by atoms with E-state index in [1.54, 1.807) is 37.4 Å². The molecule has 3 aromatic carbocycles. The fraction of sp³-hybridized carbons (Fsp3) is 0.172. The van der Waals surface area contributed by atoms with Crippen molar-refractivity contribution in [3.63, 3.8) is 0 Å². The minimum Gasteiger partial charge on any atom is -0.507 e.